The molecule has 0 aromatic heterocycles. The minimum Gasteiger partial charge on any atom is -0.399 e. The molecular formula is C18H26N2O3S. The van der Waals surface area contributed by atoms with E-state index in [4.69, 9.17) is 4.84 Å². The van der Waals surface area contributed by atoms with E-state index in [1.54, 1.807) is 16.4 Å². The van der Waals surface area contributed by atoms with Gasteiger partial charge in [-0.3, -0.25) is 0 Å². The summed E-state index contributed by atoms with van der Waals surface area (Å²) < 4.78 is 28.0. The third kappa shape index (κ3) is 3.09. The number of hydrogen-bond donors (Lipinski definition) is 0. The monoisotopic (exact) mass is 350 g/mol. The van der Waals surface area contributed by atoms with Gasteiger partial charge in [0.15, 0.2) is 0 Å². The molecule has 2 unspecified atom stereocenters. The molecule has 24 heavy (non-hydrogen) atoms. The first-order chi connectivity index (χ1) is 11.2. The molecule has 0 amide bonds. The summed E-state index contributed by atoms with van der Waals surface area (Å²) in [7, 11) is -1.92. The van der Waals surface area contributed by atoms with Gasteiger partial charge >= 0.3 is 0 Å². The van der Waals surface area contributed by atoms with Gasteiger partial charge in [-0.05, 0) is 36.0 Å². The van der Waals surface area contributed by atoms with Crippen LogP contribution in [0, 0.1) is 0 Å². The van der Waals surface area contributed by atoms with Crippen LogP contribution in [0.4, 0.5) is 0 Å². The number of nitrogens with zero attached hydrogens (tertiary/aromatic N) is 2. The van der Waals surface area contributed by atoms with Crippen LogP contribution < -0.4 is 0 Å². The highest BCUT2D eigenvalue weighted by molar-refractivity contribution is 7.89. The average Bonchev–Trinajstić information content (AvgIpc) is 2.80. The molecule has 2 fully saturated rings. The largest absolute Gasteiger partial charge is 0.399 e. The fourth-order valence-corrected chi connectivity index (χ4v) is 5.66. The Kier molecular flexibility index (Phi) is 4.47. The van der Waals surface area contributed by atoms with Gasteiger partial charge in [0, 0.05) is 24.9 Å². The van der Waals surface area contributed by atoms with Crippen molar-refractivity contribution in [3.63, 3.8) is 0 Å². The van der Waals surface area contributed by atoms with Crippen LogP contribution in [0.25, 0.3) is 0 Å². The van der Waals surface area contributed by atoms with E-state index in [0.29, 0.717) is 17.7 Å². The first-order valence-corrected chi connectivity index (χ1v) is 9.90. The third-order valence-electron chi connectivity index (χ3n) is 5.01. The van der Waals surface area contributed by atoms with Gasteiger partial charge in [-0.2, -0.15) is 4.31 Å². The molecule has 2 saturated heterocycles. The Morgan fingerprint density at radius 1 is 1.08 bits per heavy atom. The molecule has 0 saturated carbocycles. The lowest BCUT2D eigenvalue weighted by Gasteiger charge is -2.34. The molecule has 1 aromatic carbocycles. The van der Waals surface area contributed by atoms with Crippen molar-refractivity contribution in [2.24, 2.45) is 5.16 Å². The van der Waals surface area contributed by atoms with Gasteiger partial charge in [-0.15, -0.1) is 0 Å². The Morgan fingerprint density at radius 3 is 2.08 bits per heavy atom. The fourth-order valence-electron chi connectivity index (χ4n) is 3.79. The molecule has 3 rings (SSSR count). The summed E-state index contributed by atoms with van der Waals surface area (Å²) in [5, 5.41) is 4.05. The molecule has 2 aliphatic rings. The van der Waals surface area contributed by atoms with Gasteiger partial charge in [0.05, 0.1) is 10.6 Å². The summed E-state index contributed by atoms with van der Waals surface area (Å²) in [5.74, 6) is 0. The van der Waals surface area contributed by atoms with Crippen LogP contribution >= 0.6 is 0 Å². The van der Waals surface area contributed by atoms with E-state index in [1.807, 2.05) is 12.1 Å². The predicted molar refractivity (Wildman–Crippen MR) is 94.7 cm³/mol. The zero-order chi connectivity index (χ0) is 17.5. The number of benzene rings is 1. The van der Waals surface area contributed by atoms with Gasteiger partial charge < -0.3 is 4.84 Å². The van der Waals surface area contributed by atoms with E-state index in [1.165, 1.54) is 7.11 Å². The Morgan fingerprint density at radius 2 is 1.62 bits per heavy atom. The maximum absolute atomic E-state index is 13.1. The predicted octanol–water partition coefficient (Wildman–Crippen LogP) is 3.30. The molecular weight excluding hydrogens is 324 g/mol. The van der Waals surface area contributed by atoms with Gasteiger partial charge in [0.1, 0.15) is 7.11 Å². The van der Waals surface area contributed by atoms with Crippen molar-refractivity contribution in [2.75, 3.05) is 7.11 Å². The average molecular weight is 350 g/mol. The van der Waals surface area contributed by atoms with E-state index >= 15 is 0 Å². The maximum Gasteiger partial charge on any atom is 0.243 e. The third-order valence-corrected chi connectivity index (χ3v) is 7.03. The van der Waals surface area contributed by atoms with E-state index in [2.05, 4.69) is 25.9 Å². The molecule has 5 nitrogen and oxygen atoms in total. The van der Waals surface area contributed by atoms with Crippen molar-refractivity contribution in [3.05, 3.63) is 29.8 Å². The van der Waals surface area contributed by atoms with Crippen LogP contribution in [-0.2, 0) is 20.3 Å². The van der Waals surface area contributed by atoms with Crippen LogP contribution in [0.5, 0.6) is 0 Å². The van der Waals surface area contributed by atoms with Crippen LogP contribution in [-0.4, -0.2) is 37.6 Å². The smallest absolute Gasteiger partial charge is 0.243 e. The second-order valence-corrected chi connectivity index (χ2v) is 9.59. The molecule has 2 heterocycles. The summed E-state index contributed by atoms with van der Waals surface area (Å²) in [4.78, 5) is 5.26. The second-order valence-electron chi connectivity index (χ2n) is 7.74. The number of rotatable bonds is 3. The normalized spacial score (nSPS) is 24.9. The summed E-state index contributed by atoms with van der Waals surface area (Å²) in [6, 6.07) is 7.35. The van der Waals surface area contributed by atoms with E-state index < -0.39 is 10.0 Å². The van der Waals surface area contributed by atoms with Gasteiger partial charge in [0.25, 0.3) is 0 Å². The van der Waals surface area contributed by atoms with Crippen LogP contribution in [0.3, 0.4) is 0 Å². The molecule has 132 valence electrons. The Bertz CT molecular complexity index is 717. The topological polar surface area (TPSA) is 59.0 Å². The molecule has 2 aliphatic heterocycles. The Labute approximate surface area is 144 Å². The highest BCUT2D eigenvalue weighted by Crippen LogP contribution is 2.39. The van der Waals surface area contributed by atoms with Crippen molar-refractivity contribution in [1.29, 1.82) is 0 Å². The first kappa shape index (κ1) is 17.4. The Balaban J connectivity index is 1.88. The lowest BCUT2D eigenvalue weighted by Crippen LogP contribution is -2.46. The lowest BCUT2D eigenvalue weighted by molar-refractivity contribution is 0.206. The molecule has 6 heteroatoms. The zero-order valence-electron chi connectivity index (χ0n) is 14.8. The standard InChI is InChI=1S/C18H26N2O3S/c1-18(2,3)13-5-9-17(10-6-13)24(21,22)20-15-7-8-16(20)12-14(11-15)19-23-4/h5-6,9-10,15-16H,7-8,11-12H2,1-4H3. The fraction of sp³-hybridized carbons (Fsp3) is 0.611. The number of piperidine rings is 1. The summed E-state index contributed by atoms with van der Waals surface area (Å²) in [5.41, 5.74) is 2.12. The number of hydrogen-bond acceptors (Lipinski definition) is 4. The molecule has 0 spiro atoms. The van der Waals surface area contributed by atoms with Crippen molar-refractivity contribution in [3.8, 4) is 0 Å². The van der Waals surface area contributed by atoms with Crippen LogP contribution in [0.2, 0.25) is 0 Å². The molecule has 2 atom stereocenters. The Hall–Kier alpha value is -1.40. The molecule has 2 bridgehead atoms. The van der Waals surface area contributed by atoms with Crippen LogP contribution in [0.1, 0.15) is 52.0 Å². The van der Waals surface area contributed by atoms with Crippen molar-refractivity contribution >= 4 is 15.7 Å². The van der Waals surface area contributed by atoms with Crippen molar-refractivity contribution in [2.45, 2.75) is 68.8 Å². The van der Waals surface area contributed by atoms with E-state index in [9.17, 15) is 8.42 Å². The molecule has 0 N–H and O–H groups in total. The van der Waals surface area contributed by atoms with Gasteiger partial charge in [0.2, 0.25) is 10.0 Å². The molecule has 0 radical (unpaired) electrons. The molecule has 1 aromatic rings. The van der Waals surface area contributed by atoms with E-state index in [0.717, 1.165) is 24.1 Å². The summed E-state index contributed by atoms with van der Waals surface area (Å²) in [6.07, 6.45) is 3.13. The lowest BCUT2D eigenvalue weighted by atomic mass is 9.87. The maximum atomic E-state index is 13.1. The summed E-state index contributed by atoms with van der Waals surface area (Å²) in [6.45, 7) is 6.37. The number of sulfonamides is 1. The highest BCUT2D eigenvalue weighted by atomic mass is 32.2. The minimum atomic E-state index is -3.46. The second kappa shape index (κ2) is 6.15. The minimum absolute atomic E-state index is 0.00458. The summed E-state index contributed by atoms with van der Waals surface area (Å²) >= 11 is 0. The number of fused-ring (bicyclic) bond motifs is 2. The highest BCUT2D eigenvalue weighted by Gasteiger charge is 2.46. The van der Waals surface area contributed by atoms with Crippen molar-refractivity contribution in [1.82, 2.24) is 4.31 Å². The first-order valence-electron chi connectivity index (χ1n) is 8.46. The quantitative estimate of drug-likeness (QED) is 0.786. The van der Waals surface area contributed by atoms with E-state index in [-0.39, 0.29) is 17.5 Å². The van der Waals surface area contributed by atoms with Gasteiger partial charge in [-0.1, -0.05) is 38.1 Å². The zero-order valence-corrected chi connectivity index (χ0v) is 15.6. The van der Waals surface area contributed by atoms with Gasteiger partial charge in [-0.25, -0.2) is 8.42 Å². The number of oxime groups is 1. The SMILES string of the molecule is CON=C1CC2CCC(C1)N2S(=O)(=O)c1ccc(C(C)(C)C)cc1. The van der Waals surface area contributed by atoms with Crippen molar-refractivity contribution < 1.29 is 13.3 Å². The molecule has 0 aliphatic carbocycles. The van der Waals surface area contributed by atoms with Crippen LogP contribution in [0.15, 0.2) is 34.3 Å².